The number of benzene rings is 1. The van der Waals surface area contributed by atoms with Gasteiger partial charge in [-0.1, -0.05) is 30.3 Å². The van der Waals surface area contributed by atoms with E-state index >= 15 is 0 Å². The van der Waals surface area contributed by atoms with Gasteiger partial charge in [-0.2, -0.15) is 11.8 Å². The maximum absolute atomic E-state index is 8.93. The van der Waals surface area contributed by atoms with Crippen molar-refractivity contribution in [1.82, 2.24) is 4.90 Å². The predicted molar refractivity (Wildman–Crippen MR) is 65.2 cm³/mol. The summed E-state index contributed by atoms with van der Waals surface area (Å²) >= 11 is 2.02. The Morgan fingerprint density at radius 1 is 1.33 bits per heavy atom. The molecule has 1 atom stereocenters. The molecule has 1 aromatic carbocycles. The number of hydrogen-bond donors (Lipinski definition) is 1. The maximum atomic E-state index is 8.93. The van der Waals surface area contributed by atoms with Gasteiger partial charge in [0.15, 0.2) is 0 Å². The standard InChI is InChI=1S/C12H17NOS/c14-8-6-13-7-9-15-12(10-13)11-4-2-1-3-5-11/h1-5,12,14H,6-10H2. The van der Waals surface area contributed by atoms with Crippen molar-refractivity contribution in [2.24, 2.45) is 0 Å². The van der Waals surface area contributed by atoms with Crippen molar-refractivity contribution >= 4 is 11.8 Å². The van der Waals surface area contributed by atoms with Crippen LogP contribution in [0, 0.1) is 0 Å². The van der Waals surface area contributed by atoms with Crippen LogP contribution in [0.4, 0.5) is 0 Å². The molecule has 15 heavy (non-hydrogen) atoms. The lowest BCUT2D eigenvalue weighted by atomic mass is 10.1. The van der Waals surface area contributed by atoms with E-state index in [1.54, 1.807) is 0 Å². The van der Waals surface area contributed by atoms with E-state index in [0.29, 0.717) is 5.25 Å². The normalized spacial score (nSPS) is 22.9. The Bertz CT molecular complexity index is 289. The lowest BCUT2D eigenvalue weighted by Crippen LogP contribution is -2.36. The lowest BCUT2D eigenvalue weighted by molar-refractivity contribution is 0.200. The number of thioether (sulfide) groups is 1. The second-order valence-corrected chi connectivity index (χ2v) is 5.10. The molecular weight excluding hydrogens is 206 g/mol. The van der Waals surface area contributed by atoms with Gasteiger partial charge < -0.3 is 5.11 Å². The summed E-state index contributed by atoms with van der Waals surface area (Å²) in [5.41, 5.74) is 1.41. The van der Waals surface area contributed by atoms with Crippen LogP contribution in [0.5, 0.6) is 0 Å². The summed E-state index contributed by atoms with van der Waals surface area (Å²) in [5, 5.41) is 9.50. The number of rotatable bonds is 3. The second kappa shape index (κ2) is 5.54. The Labute approximate surface area is 95.3 Å². The largest absolute Gasteiger partial charge is 0.395 e. The predicted octanol–water partition coefficient (Wildman–Crippen LogP) is 1.77. The topological polar surface area (TPSA) is 23.5 Å². The molecule has 1 N–H and O–H groups in total. The first-order valence-corrected chi connectivity index (χ1v) is 6.45. The molecule has 0 aliphatic carbocycles. The molecule has 1 aromatic rings. The van der Waals surface area contributed by atoms with E-state index in [9.17, 15) is 0 Å². The maximum Gasteiger partial charge on any atom is 0.0558 e. The zero-order valence-corrected chi connectivity index (χ0v) is 9.62. The molecule has 0 saturated carbocycles. The number of aliphatic hydroxyl groups is 1. The molecule has 0 amide bonds. The molecule has 1 saturated heterocycles. The number of hydrogen-bond acceptors (Lipinski definition) is 3. The molecule has 0 spiro atoms. The van der Waals surface area contributed by atoms with Gasteiger partial charge in [0.05, 0.1) is 6.61 Å². The highest BCUT2D eigenvalue weighted by Crippen LogP contribution is 2.32. The number of nitrogens with zero attached hydrogens (tertiary/aromatic N) is 1. The van der Waals surface area contributed by atoms with Crippen LogP contribution in [-0.2, 0) is 0 Å². The third-order valence-electron chi connectivity index (χ3n) is 2.74. The molecule has 82 valence electrons. The smallest absolute Gasteiger partial charge is 0.0558 e. The Morgan fingerprint density at radius 3 is 2.87 bits per heavy atom. The summed E-state index contributed by atoms with van der Waals surface area (Å²) in [7, 11) is 0. The van der Waals surface area contributed by atoms with E-state index in [4.69, 9.17) is 5.11 Å². The van der Waals surface area contributed by atoms with Crippen LogP contribution < -0.4 is 0 Å². The molecule has 1 aliphatic rings. The van der Waals surface area contributed by atoms with Gasteiger partial charge in [0.25, 0.3) is 0 Å². The minimum absolute atomic E-state index is 0.270. The van der Waals surface area contributed by atoms with Crippen molar-refractivity contribution in [1.29, 1.82) is 0 Å². The lowest BCUT2D eigenvalue weighted by Gasteiger charge is -2.32. The molecule has 2 rings (SSSR count). The van der Waals surface area contributed by atoms with Gasteiger partial charge in [0, 0.05) is 30.6 Å². The van der Waals surface area contributed by atoms with Crippen molar-refractivity contribution in [2.45, 2.75) is 5.25 Å². The summed E-state index contributed by atoms with van der Waals surface area (Å²) in [6, 6.07) is 10.6. The van der Waals surface area contributed by atoms with E-state index in [0.717, 1.165) is 19.6 Å². The van der Waals surface area contributed by atoms with Crippen LogP contribution in [0.15, 0.2) is 30.3 Å². The van der Waals surface area contributed by atoms with E-state index in [1.165, 1.54) is 11.3 Å². The quantitative estimate of drug-likeness (QED) is 0.845. The van der Waals surface area contributed by atoms with E-state index in [2.05, 4.69) is 35.2 Å². The molecule has 3 heteroatoms. The molecule has 0 radical (unpaired) electrons. The van der Waals surface area contributed by atoms with Crippen molar-refractivity contribution < 1.29 is 5.11 Å². The molecule has 0 bridgehead atoms. The zero-order chi connectivity index (χ0) is 10.5. The van der Waals surface area contributed by atoms with Crippen LogP contribution in [0.1, 0.15) is 10.8 Å². The Hall–Kier alpha value is -0.510. The Kier molecular flexibility index (Phi) is 4.06. The molecular formula is C12H17NOS. The summed E-state index contributed by atoms with van der Waals surface area (Å²) in [5.74, 6) is 1.17. The average molecular weight is 223 g/mol. The van der Waals surface area contributed by atoms with Crippen molar-refractivity contribution in [3.63, 3.8) is 0 Å². The van der Waals surface area contributed by atoms with Gasteiger partial charge in [-0.15, -0.1) is 0 Å². The summed E-state index contributed by atoms with van der Waals surface area (Å²) < 4.78 is 0. The van der Waals surface area contributed by atoms with Crippen molar-refractivity contribution in [3.05, 3.63) is 35.9 Å². The van der Waals surface area contributed by atoms with Crippen LogP contribution >= 0.6 is 11.8 Å². The van der Waals surface area contributed by atoms with Gasteiger partial charge in [0.1, 0.15) is 0 Å². The molecule has 1 heterocycles. The SMILES string of the molecule is OCCN1CCSC(c2ccccc2)C1. The zero-order valence-electron chi connectivity index (χ0n) is 8.80. The average Bonchev–Trinajstić information content (AvgIpc) is 2.31. The van der Waals surface area contributed by atoms with Gasteiger partial charge in [0.2, 0.25) is 0 Å². The third kappa shape index (κ3) is 2.97. The monoisotopic (exact) mass is 223 g/mol. The van der Waals surface area contributed by atoms with Gasteiger partial charge in [-0.05, 0) is 5.56 Å². The van der Waals surface area contributed by atoms with Gasteiger partial charge >= 0.3 is 0 Å². The minimum atomic E-state index is 0.270. The summed E-state index contributed by atoms with van der Waals surface area (Å²) in [6.45, 7) is 3.25. The molecule has 1 fully saturated rings. The fourth-order valence-electron chi connectivity index (χ4n) is 1.92. The molecule has 2 nitrogen and oxygen atoms in total. The fourth-order valence-corrected chi connectivity index (χ4v) is 3.23. The summed E-state index contributed by atoms with van der Waals surface area (Å²) in [4.78, 5) is 2.34. The van der Waals surface area contributed by atoms with Gasteiger partial charge in [-0.3, -0.25) is 4.90 Å². The van der Waals surface area contributed by atoms with Crippen LogP contribution in [0.25, 0.3) is 0 Å². The first kappa shape index (κ1) is 11.0. The highest BCUT2D eigenvalue weighted by atomic mass is 32.2. The fraction of sp³-hybridized carbons (Fsp3) is 0.500. The van der Waals surface area contributed by atoms with Crippen molar-refractivity contribution in [3.8, 4) is 0 Å². The molecule has 1 unspecified atom stereocenters. The first-order valence-electron chi connectivity index (χ1n) is 5.40. The molecule has 0 aromatic heterocycles. The van der Waals surface area contributed by atoms with Crippen LogP contribution in [-0.4, -0.2) is 42.0 Å². The highest BCUT2D eigenvalue weighted by Gasteiger charge is 2.20. The Balaban J connectivity index is 1.98. The number of aliphatic hydroxyl groups excluding tert-OH is 1. The Morgan fingerprint density at radius 2 is 2.13 bits per heavy atom. The van der Waals surface area contributed by atoms with E-state index in [-0.39, 0.29) is 6.61 Å². The van der Waals surface area contributed by atoms with E-state index in [1.807, 2.05) is 11.8 Å². The summed E-state index contributed by atoms with van der Waals surface area (Å²) in [6.07, 6.45) is 0. The van der Waals surface area contributed by atoms with E-state index < -0.39 is 0 Å². The van der Waals surface area contributed by atoms with Crippen molar-refractivity contribution in [2.75, 3.05) is 32.0 Å². The highest BCUT2D eigenvalue weighted by molar-refractivity contribution is 7.99. The van der Waals surface area contributed by atoms with Crippen LogP contribution in [0.3, 0.4) is 0 Å². The van der Waals surface area contributed by atoms with Gasteiger partial charge in [-0.25, -0.2) is 0 Å². The third-order valence-corrected chi connectivity index (χ3v) is 3.98. The minimum Gasteiger partial charge on any atom is -0.395 e. The van der Waals surface area contributed by atoms with Crippen LogP contribution in [0.2, 0.25) is 0 Å². The second-order valence-electron chi connectivity index (χ2n) is 3.79. The first-order chi connectivity index (χ1) is 7.40. The number of β-amino-alcohol motifs (C(OH)–C–C–N with tert-alkyl or cyclic N) is 1. The molecule has 1 aliphatic heterocycles.